The summed E-state index contributed by atoms with van der Waals surface area (Å²) in [5.41, 5.74) is 7.39. The largest absolute Gasteiger partial charge is 0.326 e. The quantitative estimate of drug-likeness (QED) is 0.0353. The Balaban J connectivity index is 0.000000212. The molecule has 6 aromatic rings. The van der Waals surface area contributed by atoms with Gasteiger partial charge in [-0.1, -0.05) is 111 Å². The van der Waals surface area contributed by atoms with E-state index in [1.54, 1.807) is 18.2 Å². The lowest BCUT2D eigenvalue weighted by molar-refractivity contribution is -0.116. The van der Waals surface area contributed by atoms with Crippen LogP contribution in [0, 0.1) is 51.7 Å². The molecule has 3 aromatic heterocycles. The van der Waals surface area contributed by atoms with Gasteiger partial charge < -0.3 is 31.5 Å². The highest BCUT2D eigenvalue weighted by Gasteiger charge is 2.18. The number of likely N-dealkylation sites (N-methyl/N-ethyl adjacent to an activating group) is 1. The van der Waals surface area contributed by atoms with Crippen molar-refractivity contribution in [2.24, 2.45) is 17.8 Å². The third-order valence-corrected chi connectivity index (χ3v) is 17.1. The number of nitriles is 3. The number of nitrogens with one attached hydrogen (secondary N) is 5. The summed E-state index contributed by atoms with van der Waals surface area (Å²) in [4.78, 5) is 63.0. The molecule has 470 valence electrons. The number of carbonyl (C=O) groups excluding carboxylic acids is 3. The van der Waals surface area contributed by atoms with Crippen molar-refractivity contribution in [2.75, 3.05) is 62.3 Å². The molecule has 89 heavy (non-hydrogen) atoms. The van der Waals surface area contributed by atoms with Crippen molar-refractivity contribution in [2.45, 2.75) is 135 Å². The molecule has 5 N–H and O–H groups in total. The van der Waals surface area contributed by atoms with E-state index >= 15 is 0 Å². The van der Waals surface area contributed by atoms with E-state index in [9.17, 15) is 14.4 Å². The van der Waals surface area contributed by atoms with Crippen molar-refractivity contribution >= 4 is 82.0 Å². The molecule has 0 unspecified atom stereocenters. The van der Waals surface area contributed by atoms with Crippen molar-refractivity contribution in [3.63, 3.8) is 0 Å². The van der Waals surface area contributed by atoms with Crippen LogP contribution < -0.4 is 26.6 Å². The maximum absolute atomic E-state index is 12.2. The van der Waals surface area contributed by atoms with E-state index in [0.717, 1.165) is 93.0 Å². The van der Waals surface area contributed by atoms with Crippen LogP contribution in [-0.4, -0.2) is 98.8 Å². The number of halogens is 4. The van der Waals surface area contributed by atoms with Crippen molar-refractivity contribution < 1.29 is 14.4 Å². The van der Waals surface area contributed by atoms with E-state index < -0.39 is 0 Å². The van der Waals surface area contributed by atoms with Gasteiger partial charge in [0, 0.05) is 45.2 Å². The smallest absolute Gasteiger partial charge is 0.230 e. The third kappa shape index (κ3) is 26.1. The number of benzene rings is 3. The number of anilines is 3. The lowest BCUT2D eigenvalue weighted by Crippen LogP contribution is -2.28. The fourth-order valence-electron chi connectivity index (χ4n) is 11.2. The Morgan fingerprint density at radius 3 is 1.10 bits per heavy atom. The third-order valence-electron chi connectivity index (χ3n) is 16.0. The number of nitrogens with zero attached hydrogens (tertiary/aromatic N) is 10. The number of hydrogen-bond donors (Lipinski definition) is 5. The standard InChI is InChI=1S/C23H28ClN5O.2C22H26ClN5O.ClH/c1-29(16-17-5-3-2-4-6-17)10-9-18-7-8-19(11-22(18)24)28-23(30)12-20-14-27-21(13-25)15-26-20;2*23-21-10-18(28-22(29)11-19-14-27-20(12-24)15-26-19)7-6-17(21)8-9-25-13-16-4-2-1-3-5-16;/h7-8,11,14-15,17H,2-6,9-10,12,16H2,1H3,(H,28,30);2*6-7,10,14-16,25H,1-5,8-9,11,13H2,(H,28,29);1H. The van der Waals surface area contributed by atoms with Gasteiger partial charge in [-0.25, -0.2) is 15.0 Å². The summed E-state index contributed by atoms with van der Waals surface area (Å²) < 4.78 is 0. The van der Waals surface area contributed by atoms with Gasteiger partial charge in [0.05, 0.1) is 73.5 Å². The minimum absolute atomic E-state index is 0. The normalized spacial score (nSPS) is 14.2. The predicted molar refractivity (Wildman–Crippen MR) is 353 cm³/mol. The molecule has 3 fully saturated rings. The van der Waals surface area contributed by atoms with E-state index in [-0.39, 0.29) is 66.5 Å². The van der Waals surface area contributed by atoms with Crippen molar-refractivity contribution in [1.82, 2.24) is 45.4 Å². The summed E-state index contributed by atoms with van der Waals surface area (Å²) in [6.45, 7) is 6.11. The van der Waals surface area contributed by atoms with Crippen LogP contribution in [0.4, 0.5) is 17.1 Å². The van der Waals surface area contributed by atoms with Gasteiger partial charge in [-0.2, -0.15) is 15.8 Å². The van der Waals surface area contributed by atoms with Gasteiger partial charge in [-0.05, 0) is 162 Å². The zero-order chi connectivity index (χ0) is 62.3. The summed E-state index contributed by atoms with van der Waals surface area (Å²) in [5.74, 6) is 1.85. The number of aromatic nitrogens is 6. The van der Waals surface area contributed by atoms with Gasteiger partial charge in [0.25, 0.3) is 0 Å². The summed E-state index contributed by atoms with van der Waals surface area (Å²) in [6.07, 6.45) is 31.7. The Morgan fingerprint density at radius 1 is 0.472 bits per heavy atom. The molecule has 9 rings (SSSR count). The first kappa shape index (κ1) is 70.9. The van der Waals surface area contributed by atoms with E-state index in [2.05, 4.69) is 68.4 Å². The van der Waals surface area contributed by atoms with Gasteiger partial charge in [-0.15, -0.1) is 12.4 Å². The Hall–Kier alpha value is -7.18. The molecule has 3 aliphatic rings. The molecule has 3 heterocycles. The first-order chi connectivity index (χ1) is 42.8. The Labute approximate surface area is 545 Å². The van der Waals surface area contributed by atoms with Crippen LogP contribution in [0.3, 0.4) is 0 Å². The van der Waals surface area contributed by atoms with Crippen LogP contribution in [0.1, 0.15) is 147 Å². The average Bonchev–Trinajstić information content (AvgIpc) is 3.67. The fourth-order valence-corrected chi connectivity index (χ4v) is 12.0. The SMILES string of the molecule is CN(CCc1ccc(NC(=O)Cc2cnc(C#N)cn2)cc1Cl)CC1CCCCC1.Cl.N#Cc1cnc(CC(=O)Nc2ccc(CCNCC3CCCCC3)c(Cl)c2)cn1.N#Cc1cnc(CC(=O)Nc2ccc(CCNCC3CCCCC3)c(Cl)c2)cn1. The van der Waals surface area contributed by atoms with Crippen LogP contribution in [0.2, 0.25) is 15.1 Å². The minimum atomic E-state index is -0.207. The van der Waals surface area contributed by atoms with E-state index in [1.165, 1.54) is 133 Å². The molecule has 0 spiro atoms. The van der Waals surface area contributed by atoms with Gasteiger partial charge in [0.1, 0.15) is 18.2 Å². The molecule has 3 aromatic carbocycles. The summed E-state index contributed by atoms with van der Waals surface area (Å²) in [5, 5.41) is 43.8. The van der Waals surface area contributed by atoms with Crippen molar-refractivity contribution in [3.8, 4) is 18.2 Å². The Kier molecular flexibility index (Phi) is 31.1. The first-order valence-electron chi connectivity index (χ1n) is 30.8. The highest BCUT2D eigenvalue weighted by Crippen LogP contribution is 2.28. The predicted octanol–water partition coefficient (Wildman–Crippen LogP) is 12.4. The van der Waals surface area contributed by atoms with Gasteiger partial charge in [0.2, 0.25) is 17.7 Å². The average molecular weight is 1290 g/mol. The highest BCUT2D eigenvalue weighted by molar-refractivity contribution is 6.32. The fraction of sp³-hybridized carbons (Fsp3) is 0.463. The first-order valence-corrected chi connectivity index (χ1v) is 31.9. The van der Waals surface area contributed by atoms with Crippen molar-refractivity contribution in [1.29, 1.82) is 15.8 Å². The molecule has 0 aliphatic heterocycles. The van der Waals surface area contributed by atoms with Crippen LogP contribution in [0.5, 0.6) is 0 Å². The van der Waals surface area contributed by atoms with Gasteiger partial charge in [0.15, 0.2) is 17.1 Å². The van der Waals surface area contributed by atoms with Crippen LogP contribution in [0.15, 0.2) is 91.8 Å². The maximum atomic E-state index is 12.2. The number of amides is 3. The van der Waals surface area contributed by atoms with Crippen LogP contribution >= 0.6 is 47.2 Å². The zero-order valence-corrected chi connectivity index (χ0v) is 53.8. The molecule has 3 saturated carbocycles. The number of carbonyl (C=O) groups is 3. The monoisotopic (exact) mass is 1280 g/mol. The van der Waals surface area contributed by atoms with Crippen LogP contribution in [0.25, 0.3) is 0 Å². The zero-order valence-electron chi connectivity index (χ0n) is 50.7. The summed E-state index contributed by atoms with van der Waals surface area (Å²) >= 11 is 19.3. The summed E-state index contributed by atoms with van der Waals surface area (Å²) in [6, 6.07) is 22.6. The highest BCUT2D eigenvalue weighted by atomic mass is 35.5. The molecule has 3 amide bonds. The van der Waals surface area contributed by atoms with Gasteiger partial charge in [-0.3, -0.25) is 29.3 Å². The molecule has 0 atom stereocenters. The summed E-state index contributed by atoms with van der Waals surface area (Å²) in [7, 11) is 2.18. The van der Waals surface area contributed by atoms with Crippen molar-refractivity contribution in [3.05, 3.63) is 158 Å². The molecular formula is C67H81Cl4N15O3. The second-order valence-corrected chi connectivity index (χ2v) is 24.3. The van der Waals surface area contributed by atoms with E-state index in [1.807, 2.05) is 54.6 Å². The second-order valence-electron chi connectivity index (χ2n) is 23.0. The van der Waals surface area contributed by atoms with Gasteiger partial charge >= 0.3 is 0 Å². The molecule has 0 bridgehead atoms. The Bertz CT molecular complexity index is 3160. The topological polar surface area (TPSA) is 263 Å². The molecule has 18 nitrogen and oxygen atoms in total. The van der Waals surface area contributed by atoms with E-state index in [0.29, 0.717) is 49.2 Å². The molecule has 22 heteroatoms. The lowest BCUT2D eigenvalue weighted by atomic mass is 9.89. The minimum Gasteiger partial charge on any atom is -0.326 e. The van der Waals surface area contributed by atoms with Crippen LogP contribution in [-0.2, 0) is 52.9 Å². The lowest BCUT2D eigenvalue weighted by Gasteiger charge is -2.27. The van der Waals surface area contributed by atoms with E-state index in [4.69, 9.17) is 50.6 Å². The molecule has 0 radical (unpaired) electrons. The molecule has 3 aliphatic carbocycles. The molecule has 0 saturated heterocycles. The maximum Gasteiger partial charge on any atom is 0.230 e. The molecular weight excluding hydrogens is 1200 g/mol. The second kappa shape index (κ2) is 39.1. The Morgan fingerprint density at radius 2 is 0.798 bits per heavy atom. The number of rotatable bonds is 24. The number of hydrogen-bond acceptors (Lipinski definition) is 15.